The summed E-state index contributed by atoms with van der Waals surface area (Å²) in [5.74, 6) is -0.0860. The minimum atomic E-state index is -0.343. The summed E-state index contributed by atoms with van der Waals surface area (Å²) >= 11 is 5.82. The maximum Gasteiger partial charge on any atom is 0.313 e. The minimum absolute atomic E-state index is 0.0860. The lowest BCUT2D eigenvalue weighted by atomic mass is 9.78. The molecule has 0 spiro atoms. The average Bonchev–Trinajstić information content (AvgIpc) is 2.47. The van der Waals surface area contributed by atoms with Crippen molar-refractivity contribution in [1.82, 2.24) is 5.32 Å². The molecule has 0 saturated carbocycles. The molecule has 1 saturated heterocycles. The first-order chi connectivity index (χ1) is 9.16. The summed E-state index contributed by atoms with van der Waals surface area (Å²) in [6, 6.07) is 7.38. The van der Waals surface area contributed by atoms with Crippen molar-refractivity contribution in [2.45, 2.75) is 32.8 Å². The van der Waals surface area contributed by atoms with E-state index >= 15 is 0 Å². The quantitative estimate of drug-likeness (QED) is 0.862. The van der Waals surface area contributed by atoms with Crippen LogP contribution in [0, 0.1) is 5.41 Å². The van der Waals surface area contributed by atoms with Crippen LogP contribution < -0.4 is 5.32 Å². The fourth-order valence-electron chi connectivity index (χ4n) is 2.47. The second kappa shape index (κ2) is 6.40. The maximum atomic E-state index is 12.3. The van der Waals surface area contributed by atoms with Gasteiger partial charge in [-0.25, -0.2) is 0 Å². The van der Waals surface area contributed by atoms with E-state index in [0.29, 0.717) is 11.6 Å². The van der Waals surface area contributed by atoms with E-state index in [1.165, 1.54) is 0 Å². The molecule has 0 amide bonds. The maximum absolute atomic E-state index is 12.3. The molecule has 3 nitrogen and oxygen atoms in total. The highest BCUT2D eigenvalue weighted by Crippen LogP contribution is 2.31. The van der Waals surface area contributed by atoms with E-state index in [9.17, 15) is 4.79 Å². The second-order valence-electron chi connectivity index (χ2n) is 5.12. The molecular weight excluding hydrogens is 262 g/mol. The van der Waals surface area contributed by atoms with Crippen LogP contribution in [0.4, 0.5) is 0 Å². The van der Waals surface area contributed by atoms with Gasteiger partial charge in [-0.1, -0.05) is 30.7 Å². The smallest absolute Gasteiger partial charge is 0.313 e. The van der Waals surface area contributed by atoms with Crippen LogP contribution in [0.25, 0.3) is 0 Å². The van der Waals surface area contributed by atoms with Crippen LogP contribution in [-0.2, 0) is 16.1 Å². The third-order valence-electron chi connectivity index (χ3n) is 3.87. The molecule has 4 heteroatoms. The lowest BCUT2D eigenvalue weighted by Crippen LogP contribution is -2.45. The number of benzene rings is 1. The number of carbonyl (C=O) groups is 1. The van der Waals surface area contributed by atoms with E-state index in [4.69, 9.17) is 16.3 Å². The molecule has 1 unspecified atom stereocenters. The molecule has 1 aliphatic heterocycles. The van der Waals surface area contributed by atoms with Crippen molar-refractivity contribution < 1.29 is 9.53 Å². The van der Waals surface area contributed by atoms with Crippen LogP contribution in [0.2, 0.25) is 5.02 Å². The molecule has 0 bridgehead atoms. The number of esters is 1. The molecule has 0 aromatic heterocycles. The van der Waals surface area contributed by atoms with E-state index < -0.39 is 0 Å². The van der Waals surface area contributed by atoms with Gasteiger partial charge in [-0.2, -0.15) is 0 Å². The molecule has 1 heterocycles. The van der Waals surface area contributed by atoms with Crippen molar-refractivity contribution in [3.8, 4) is 0 Å². The van der Waals surface area contributed by atoms with Crippen LogP contribution in [0.1, 0.15) is 31.7 Å². The highest BCUT2D eigenvalue weighted by atomic mass is 35.5. The zero-order chi connectivity index (χ0) is 13.7. The molecular formula is C15H20ClNO2. The molecule has 104 valence electrons. The van der Waals surface area contributed by atoms with Gasteiger partial charge in [-0.3, -0.25) is 4.79 Å². The van der Waals surface area contributed by atoms with Crippen LogP contribution in [0.3, 0.4) is 0 Å². The van der Waals surface area contributed by atoms with Gasteiger partial charge < -0.3 is 10.1 Å². The molecule has 1 N–H and O–H groups in total. The van der Waals surface area contributed by atoms with E-state index in [0.717, 1.165) is 37.9 Å². The van der Waals surface area contributed by atoms with Gasteiger partial charge in [0.25, 0.3) is 0 Å². The zero-order valence-electron chi connectivity index (χ0n) is 11.2. The summed E-state index contributed by atoms with van der Waals surface area (Å²) in [7, 11) is 0. The van der Waals surface area contributed by atoms with Crippen molar-refractivity contribution in [2.24, 2.45) is 5.41 Å². The first-order valence-corrected chi connectivity index (χ1v) is 7.16. The molecule has 19 heavy (non-hydrogen) atoms. The Bertz CT molecular complexity index is 424. The third kappa shape index (κ3) is 3.48. The molecule has 0 radical (unpaired) electrons. The fourth-order valence-corrected chi connectivity index (χ4v) is 2.60. The first-order valence-electron chi connectivity index (χ1n) is 6.79. The number of halogens is 1. The predicted octanol–water partition coefficient (Wildman–Crippen LogP) is 3.16. The number of hydrogen-bond donors (Lipinski definition) is 1. The molecule has 1 fully saturated rings. The first kappa shape index (κ1) is 14.4. The predicted molar refractivity (Wildman–Crippen MR) is 76.1 cm³/mol. The zero-order valence-corrected chi connectivity index (χ0v) is 12.0. The highest BCUT2D eigenvalue weighted by Gasteiger charge is 2.39. The van der Waals surface area contributed by atoms with Crippen molar-refractivity contribution >= 4 is 17.6 Å². The van der Waals surface area contributed by atoms with Crippen molar-refractivity contribution in [3.05, 3.63) is 34.9 Å². The monoisotopic (exact) mass is 281 g/mol. The van der Waals surface area contributed by atoms with Gasteiger partial charge in [0, 0.05) is 11.6 Å². The van der Waals surface area contributed by atoms with E-state index in [2.05, 4.69) is 12.2 Å². The van der Waals surface area contributed by atoms with Gasteiger partial charge in [0.15, 0.2) is 0 Å². The summed E-state index contributed by atoms with van der Waals surface area (Å²) < 4.78 is 5.48. The lowest BCUT2D eigenvalue weighted by Gasteiger charge is -2.34. The normalized spacial score (nSPS) is 23.1. The van der Waals surface area contributed by atoms with Gasteiger partial charge >= 0.3 is 5.97 Å². The van der Waals surface area contributed by atoms with Gasteiger partial charge in [-0.05, 0) is 43.5 Å². The minimum Gasteiger partial charge on any atom is -0.460 e. The summed E-state index contributed by atoms with van der Waals surface area (Å²) in [6.07, 6.45) is 2.76. The third-order valence-corrected chi connectivity index (χ3v) is 4.12. The summed E-state index contributed by atoms with van der Waals surface area (Å²) in [6.45, 7) is 4.09. The van der Waals surface area contributed by atoms with Crippen molar-refractivity contribution in [1.29, 1.82) is 0 Å². The Balaban J connectivity index is 1.94. The van der Waals surface area contributed by atoms with Crippen LogP contribution in [0.5, 0.6) is 0 Å². The number of rotatable bonds is 4. The van der Waals surface area contributed by atoms with E-state index in [1.807, 2.05) is 24.3 Å². The van der Waals surface area contributed by atoms with Crippen molar-refractivity contribution in [3.63, 3.8) is 0 Å². The Morgan fingerprint density at radius 3 is 2.74 bits per heavy atom. The second-order valence-corrected chi connectivity index (χ2v) is 5.55. The molecule has 1 aliphatic rings. The van der Waals surface area contributed by atoms with Gasteiger partial charge in [0.1, 0.15) is 6.61 Å². The van der Waals surface area contributed by atoms with Gasteiger partial charge in [0.05, 0.1) is 5.41 Å². The Morgan fingerprint density at radius 1 is 1.42 bits per heavy atom. The van der Waals surface area contributed by atoms with Crippen LogP contribution in [-0.4, -0.2) is 19.1 Å². The standard InChI is InChI=1S/C15H20ClNO2/c1-2-15(8-3-9-17-11-15)14(18)19-10-12-4-6-13(16)7-5-12/h4-7,17H,2-3,8-11H2,1H3. The van der Waals surface area contributed by atoms with E-state index in [-0.39, 0.29) is 11.4 Å². The summed E-state index contributed by atoms with van der Waals surface area (Å²) in [4.78, 5) is 12.3. The van der Waals surface area contributed by atoms with Gasteiger partial charge in [-0.15, -0.1) is 0 Å². The fraction of sp³-hybridized carbons (Fsp3) is 0.533. The van der Waals surface area contributed by atoms with E-state index in [1.54, 1.807) is 0 Å². The molecule has 1 aromatic rings. The summed E-state index contributed by atoms with van der Waals surface area (Å²) in [5, 5.41) is 3.99. The number of piperidine rings is 1. The number of carbonyl (C=O) groups excluding carboxylic acids is 1. The highest BCUT2D eigenvalue weighted by molar-refractivity contribution is 6.30. The summed E-state index contributed by atoms with van der Waals surface area (Å²) in [5.41, 5.74) is 0.623. The average molecular weight is 282 g/mol. The number of nitrogens with one attached hydrogen (secondary N) is 1. The molecule has 2 rings (SSSR count). The van der Waals surface area contributed by atoms with Crippen LogP contribution >= 0.6 is 11.6 Å². The number of hydrogen-bond acceptors (Lipinski definition) is 3. The van der Waals surface area contributed by atoms with Crippen molar-refractivity contribution in [2.75, 3.05) is 13.1 Å². The molecule has 1 atom stereocenters. The Labute approximate surface area is 119 Å². The van der Waals surface area contributed by atoms with Crippen LogP contribution in [0.15, 0.2) is 24.3 Å². The SMILES string of the molecule is CCC1(C(=O)OCc2ccc(Cl)cc2)CCCNC1. The largest absolute Gasteiger partial charge is 0.460 e. The Kier molecular flexibility index (Phi) is 4.83. The van der Waals surface area contributed by atoms with Gasteiger partial charge in [0.2, 0.25) is 0 Å². The Hall–Kier alpha value is -1.06. The Morgan fingerprint density at radius 2 is 2.16 bits per heavy atom. The molecule has 1 aromatic carbocycles. The molecule has 0 aliphatic carbocycles. The topological polar surface area (TPSA) is 38.3 Å². The lowest BCUT2D eigenvalue weighted by molar-refractivity contribution is -0.158. The number of ether oxygens (including phenoxy) is 1.